The lowest BCUT2D eigenvalue weighted by molar-refractivity contribution is -0.116. The summed E-state index contributed by atoms with van der Waals surface area (Å²) < 4.78 is 7.69. The minimum absolute atomic E-state index is 0.0417. The lowest BCUT2D eigenvalue weighted by atomic mass is 10.1. The number of halogens is 2. The second kappa shape index (κ2) is 6.73. The highest BCUT2D eigenvalue weighted by atomic mass is 35.5. The molecular formula is C18H19Cl2N3O2. The fraction of sp³-hybridized carbons (Fsp3) is 0.333. The fourth-order valence-electron chi connectivity index (χ4n) is 3.03. The summed E-state index contributed by atoms with van der Waals surface area (Å²) in [6.45, 7) is 7.90. The zero-order valence-corrected chi connectivity index (χ0v) is 16.1. The monoisotopic (exact) mass is 379 g/mol. The molecule has 7 heteroatoms. The molecule has 0 saturated carbocycles. The van der Waals surface area contributed by atoms with E-state index in [4.69, 9.17) is 27.6 Å². The third-order valence-corrected chi connectivity index (χ3v) is 4.61. The van der Waals surface area contributed by atoms with Gasteiger partial charge in [-0.2, -0.15) is 9.61 Å². The van der Waals surface area contributed by atoms with Gasteiger partial charge in [-0.05, 0) is 38.5 Å². The number of amides is 1. The number of carbonyl (C=O) groups excluding carboxylic acids is 1. The molecule has 1 amide bonds. The number of fused-ring (bicyclic) bond motifs is 1. The van der Waals surface area contributed by atoms with Crippen molar-refractivity contribution < 1.29 is 9.21 Å². The van der Waals surface area contributed by atoms with E-state index in [1.54, 1.807) is 28.5 Å². The Morgan fingerprint density at radius 1 is 1.32 bits per heavy atom. The van der Waals surface area contributed by atoms with Crippen molar-refractivity contribution >= 4 is 40.5 Å². The van der Waals surface area contributed by atoms with Crippen LogP contribution in [-0.4, -0.2) is 22.1 Å². The van der Waals surface area contributed by atoms with Crippen LogP contribution in [0.3, 0.4) is 0 Å². The van der Waals surface area contributed by atoms with E-state index in [9.17, 15) is 4.79 Å². The zero-order chi connectivity index (χ0) is 18.3. The van der Waals surface area contributed by atoms with Gasteiger partial charge in [-0.1, -0.05) is 30.1 Å². The Hall–Kier alpha value is -1.98. The summed E-state index contributed by atoms with van der Waals surface area (Å²) in [6, 6.07) is 5.30. The van der Waals surface area contributed by atoms with E-state index in [0.717, 1.165) is 23.4 Å². The normalized spacial score (nSPS) is 11.3. The number of aryl methyl sites for hydroxylation is 2. The van der Waals surface area contributed by atoms with Gasteiger partial charge < -0.3 is 9.32 Å². The molecule has 0 N–H and O–H groups in total. The summed E-state index contributed by atoms with van der Waals surface area (Å²) in [6.07, 6.45) is 0.839. The molecule has 0 atom stereocenters. The summed E-state index contributed by atoms with van der Waals surface area (Å²) in [5, 5.41) is 5.68. The second-order valence-electron chi connectivity index (χ2n) is 5.95. The lowest BCUT2D eigenvalue weighted by Crippen LogP contribution is -2.29. The summed E-state index contributed by atoms with van der Waals surface area (Å²) in [5.74, 6) is 0.632. The van der Waals surface area contributed by atoms with Crippen molar-refractivity contribution in [2.45, 2.75) is 34.1 Å². The molecule has 0 unspecified atom stereocenters. The maximum absolute atomic E-state index is 12.1. The fourth-order valence-corrected chi connectivity index (χ4v) is 3.53. The van der Waals surface area contributed by atoms with E-state index in [1.807, 2.05) is 26.8 Å². The predicted octanol–water partition coefficient (Wildman–Crippen LogP) is 5.28. The van der Waals surface area contributed by atoms with E-state index in [1.165, 1.54) is 0 Å². The number of aromatic nitrogens is 2. The maximum atomic E-state index is 12.1. The van der Waals surface area contributed by atoms with Crippen molar-refractivity contribution in [2.24, 2.45) is 0 Å². The van der Waals surface area contributed by atoms with Crippen molar-refractivity contribution in [3.8, 4) is 11.3 Å². The van der Waals surface area contributed by atoms with Crippen LogP contribution in [0.2, 0.25) is 10.0 Å². The largest absolute Gasteiger partial charge is 0.439 e. The van der Waals surface area contributed by atoms with Crippen LogP contribution in [0.5, 0.6) is 0 Å². The molecule has 3 rings (SSSR count). The molecule has 0 aliphatic rings. The first kappa shape index (κ1) is 17.8. The summed E-state index contributed by atoms with van der Waals surface area (Å²) in [4.78, 5) is 13.8. The Labute approximate surface area is 156 Å². The van der Waals surface area contributed by atoms with Gasteiger partial charge in [-0.15, -0.1) is 0 Å². The highest BCUT2D eigenvalue weighted by Gasteiger charge is 2.26. The average Bonchev–Trinajstić information content (AvgIpc) is 2.99. The summed E-state index contributed by atoms with van der Waals surface area (Å²) in [7, 11) is 0. The molecule has 0 aliphatic heterocycles. The predicted molar refractivity (Wildman–Crippen MR) is 101 cm³/mol. The Balaban J connectivity index is 2.26. The molecular weight excluding hydrogens is 361 g/mol. The van der Waals surface area contributed by atoms with Crippen molar-refractivity contribution in [2.75, 3.05) is 11.4 Å². The minimum Gasteiger partial charge on any atom is -0.439 e. The zero-order valence-electron chi connectivity index (χ0n) is 14.6. The Bertz CT molecular complexity index is 959. The Morgan fingerprint density at radius 3 is 2.64 bits per heavy atom. The molecule has 2 heterocycles. The standard InChI is InChI=1S/C18H19Cl2N3O2/c1-5-8-22(12(4)24)16-10(2)21-23-17(11(3)25-18(16)23)14-7-6-13(19)9-15(14)20/h6-7,9H,5,8H2,1-4H3. The van der Waals surface area contributed by atoms with Gasteiger partial charge >= 0.3 is 0 Å². The van der Waals surface area contributed by atoms with E-state index in [2.05, 4.69) is 5.10 Å². The number of carbonyl (C=O) groups is 1. The van der Waals surface area contributed by atoms with Crippen LogP contribution in [-0.2, 0) is 4.79 Å². The smallest absolute Gasteiger partial charge is 0.247 e. The van der Waals surface area contributed by atoms with Crippen LogP contribution < -0.4 is 4.90 Å². The quantitative estimate of drug-likeness (QED) is 0.619. The molecule has 132 valence electrons. The molecule has 0 spiro atoms. The van der Waals surface area contributed by atoms with E-state index < -0.39 is 0 Å². The first-order valence-electron chi connectivity index (χ1n) is 8.07. The first-order valence-corrected chi connectivity index (χ1v) is 8.83. The molecule has 0 aliphatic carbocycles. The van der Waals surface area contributed by atoms with Crippen molar-refractivity contribution in [3.63, 3.8) is 0 Å². The molecule has 25 heavy (non-hydrogen) atoms. The van der Waals surface area contributed by atoms with Crippen LogP contribution in [0.1, 0.15) is 31.7 Å². The van der Waals surface area contributed by atoms with Crippen molar-refractivity contribution in [3.05, 3.63) is 39.7 Å². The van der Waals surface area contributed by atoms with Gasteiger partial charge in [0.05, 0.1) is 10.7 Å². The van der Waals surface area contributed by atoms with Gasteiger partial charge in [0.1, 0.15) is 17.1 Å². The van der Waals surface area contributed by atoms with Crippen LogP contribution in [0.4, 0.5) is 5.69 Å². The molecule has 0 radical (unpaired) electrons. The lowest BCUT2D eigenvalue weighted by Gasteiger charge is -2.18. The maximum Gasteiger partial charge on any atom is 0.247 e. The minimum atomic E-state index is -0.0417. The number of benzene rings is 1. The van der Waals surface area contributed by atoms with Gasteiger partial charge in [0.25, 0.3) is 0 Å². The highest BCUT2D eigenvalue weighted by molar-refractivity contribution is 6.36. The molecule has 0 fully saturated rings. The highest BCUT2D eigenvalue weighted by Crippen LogP contribution is 2.37. The number of rotatable bonds is 4. The number of anilines is 1. The summed E-state index contributed by atoms with van der Waals surface area (Å²) >= 11 is 12.4. The second-order valence-corrected chi connectivity index (χ2v) is 6.80. The van der Waals surface area contributed by atoms with Crippen LogP contribution in [0.15, 0.2) is 22.6 Å². The van der Waals surface area contributed by atoms with Crippen molar-refractivity contribution in [1.29, 1.82) is 0 Å². The number of oxazole rings is 1. The van der Waals surface area contributed by atoms with Gasteiger partial charge in [0, 0.05) is 24.1 Å². The molecule has 0 saturated heterocycles. The van der Waals surface area contributed by atoms with E-state index >= 15 is 0 Å². The Kier molecular flexibility index (Phi) is 4.80. The van der Waals surface area contributed by atoms with Gasteiger partial charge in [0.15, 0.2) is 0 Å². The SMILES string of the molecule is CCCN(C(C)=O)c1c(C)nn2c(-c3ccc(Cl)cc3Cl)c(C)oc12. The summed E-state index contributed by atoms with van der Waals surface area (Å²) in [5.41, 5.74) is 3.51. The average molecular weight is 380 g/mol. The van der Waals surface area contributed by atoms with Gasteiger partial charge in [-0.25, -0.2) is 0 Å². The molecule has 2 aromatic heterocycles. The third-order valence-electron chi connectivity index (χ3n) is 4.07. The number of hydrogen-bond acceptors (Lipinski definition) is 3. The molecule has 0 bridgehead atoms. The van der Waals surface area contributed by atoms with Gasteiger partial charge in [0.2, 0.25) is 11.6 Å². The molecule has 3 aromatic rings. The van der Waals surface area contributed by atoms with E-state index in [-0.39, 0.29) is 5.91 Å². The third kappa shape index (κ3) is 3.02. The van der Waals surface area contributed by atoms with Crippen molar-refractivity contribution in [1.82, 2.24) is 9.61 Å². The van der Waals surface area contributed by atoms with Crippen LogP contribution in [0, 0.1) is 13.8 Å². The van der Waals surface area contributed by atoms with Crippen LogP contribution >= 0.6 is 23.2 Å². The number of nitrogens with zero attached hydrogens (tertiary/aromatic N) is 3. The molecule has 1 aromatic carbocycles. The first-order chi connectivity index (χ1) is 11.8. The topological polar surface area (TPSA) is 50.8 Å². The Morgan fingerprint density at radius 2 is 2.04 bits per heavy atom. The molecule has 5 nitrogen and oxygen atoms in total. The van der Waals surface area contributed by atoms with E-state index in [0.29, 0.717) is 33.8 Å². The number of hydrogen-bond donors (Lipinski definition) is 0. The van der Waals surface area contributed by atoms with Gasteiger partial charge in [-0.3, -0.25) is 4.79 Å². The van der Waals surface area contributed by atoms with Crippen LogP contribution in [0.25, 0.3) is 17.0 Å².